The first-order valence-corrected chi connectivity index (χ1v) is 3.46. The van der Waals surface area contributed by atoms with E-state index in [4.69, 9.17) is 0 Å². The molecule has 3 atom stereocenters. The van der Waals surface area contributed by atoms with Gasteiger partial charge in [0, 0.05) is 0 Å². The van der Waals surface area contributed by atoms with Crippen LogP contribution in [-0.2, 0) is 9.47 Å². The maximum Gasteiger partial charge on any atom is 0.452 e. The van der Waals surface area contributed by atoms with Crippen molar-refractivity contribution in [2.75, 3.05) is 13.2 Å². The number of carbonyl (C=O) groups is 2. The van der Waals surface area contributed by atoms with Crippen LogP contribution in [0.4, 0.5) is 9.59 Å². The van der Waals surface area contributed by atoms with Gasteiger partial charge < -0.3 is 9.47 Å². The van der Waals surface area contributed by atoms with Gasteiger partial charge in [0.15, 0.2) is 0 Å². The molecule has 15 heavy (non-hydrogen) atoms. The molecule has 0 saturated heterocycles. The van der Waals surface area contributed by atoms with Crippen LogP contribution >= 0.6 is 29.7 Å². The van der Waals surface area contributed by atoms with E-state index < -0.39 is 12.2 Å². The average Bonchev–Trinajstić information content (AvgIpc) is 2.02. The lowest BCUT2D eigenvalue weighted by Crippen LogP contribution is -2.00. The van der Waals surface area contributed by atoms with Gasteiger partial charge in [0.25, 0.3) is 0 Å². The lowest BCUT2D eigenvalue weighted by molar-refractivity contribution is 0.152. The minimum atomic E-state index is -0.898. The molecule has 0 aliphatic carbocycles. The quantitative estimate of drug-likeness (QED) is 0.570. The molecule has 0 bridgehead atoms. The Bertz CT molecular complexity index is 181. The highest BCUT2D eigenvalue weighted by Gasteiger charge is 2.00. The molecule has 2 amide bonds. The van der Waals surface area contributed by atoms with E-state index in [0.717, 1.165) is 0 Å². The number of rotatable bonds is 2. The molecule has 0 aromatic carbocycles. The third-order valence-electron chi connectivity index (χ3n) is 0.749. The van der Waals surface area contributed by atoms with Crippen molar-refractivity contribution in [2.24, 2.45) is 10.2 Å². The van der Waals surface area contributed by atoms with Crippen molar-refractivity contribution in [2.45, 2.75) is 13.8 Å². The maximum atomic E-state index is 10.5. The number of carbonyl (C=O) groups excluding carboxylic acids is 2. The van der Waals surface area contributed by atoms with Gasteiger partial charge in [-0.2, -0.15) is 29.7 Å². The van der Waals surface area contributed by atoms with Gasteiger partial charge in [-0.15, -0.1) is 0 Å². The molecular weight excluding hydrogens is 257 g/mol. The van der Waals surface area contributed by atoms with Crippen LogP contribution in [0.1, 0.15) is 13.8 Å². The standard InChI is InChI=1S/C6H10N2O4.3H3P/c1-3-11-5(9)7-8-6(10)12-4-2;;;/h3-4H2,1-2H3;3*1H3. The van der Waals surface area contributed by atoms with E-state index >= 15 is 0 Å². The predicted octanol–water partition coefficient (Wildman–Crippen LogP) is 1.93. The summed E-state index contributed by atoms with van der Waals surface area (Å²) in [6, 6.07) is 0. The van der Waals surface area contributed by atoms with Gasteiger partial charge in [-0.25, -0.2) is 9.59 Å². The van der Waals surface area contributed by atoms with Crippen LogP contribution in [0.5, 0.6) is 0 Å². The second kappa shape index (κ2) is 16.3. The molecule has 0 radical (unpaired) electrons. The Morgan fingerprint density at radius 2 is 1.13 bits per heavy atom. The molecule has 6 nitrogen and oxygen atoms in total. The van der Waals surface area contributed by atoms with Crippen molar-refractivity contribution in [1.82, 2.24) is 0 Å². The van der Waals surface area contributed by atoms with Crippen molar-refractivity contribution >= 4 is 41.9 Å². The fourth-order valence-electron chi connectivity index (χ4n) is 0.386. The third kappa shape index (κ3) is 16.5. The number of amides is 2. The van der Waals surface area contributed by atoms with Gasteiger partial charge in [-0.1, -0.05) is 10.2 Å². The molecular formula is C6H19N2O4P3. The number of nitrogens with zero attached hydrogens (tertiary/aromatic N) is 2. The first-order valence-electron chi connectivity index (χ1n) is 3.46. The van der Waals surface area contributed by atoms with Crippen LogP contribution in [0.25, 0.3) is 0 Å². The Kier molecular flexibility index (Phi) is 26.2. The van der Waals surface area contributed by atoms with Gasteiger partial charge >= 0.3 is 12.2 Å². The molecule has 0 rings (SSSR count). The summed E-state index contributed by atoms with van der Waals surface area (Å²) < 4.78 is 8.73. The van der Waals surface area contributed by atoms with Crippen molar-refractivity contribution in [3.05, 3.63) is 0 Å². The zero-order valence-corrected chi connectivity index (χ0v) is 13.3. The first kappa shape index (κ1) is 24.2. The zero-order chi connectivity index (χ0) is 9.40. The normalized spacial score (nSPS) is 7.87. The molecule has 0 aromatic rings. The van der Waals surface area contributed by atoms with E-state index in [1.165, 1.54) is 0 Å². The van der Waals surface area contributed by atoms with Crippen LogP contribution in [0.2, 0.25) is 0 Å². The van der Waals surface area contributed by atoms with Crippen molar-refractivity contribution in [1.29, 1.82) is 0 Å². The summed E-state index contributed by atoms with van der Waals surface area (Å²) in [5, 5.41) is 5.84. The first-order chi connectivity index (χ1) is 5.70. The lowest BCUT2D eigenvalue weighted by atomic mass is 10.9. The maximum absolute atomic E-state index is 10.5. The predicted molar refractivity (Wildman–Crippen MR) is 72.2 cm³/mol. The smallest absolute Gasteiger partial charge is 0.447 e. The summed E-state index contributed by atoms with van der Waals surface area (Å²) in [5.74, 6) is 0. The Morgan fingerprint density at radius 1 is 0.867 bits per heavy atom. The Hall–Kier alpha value is -0.170. The summed E-state index contributed by atoms with van der Waals surface area (Å²) in [5.41, 5.74) is 0. The zero-order valence-electron chi connectivity index (χ0n) is 9.06. The summed E-state index contributed by atoms with van der Waals surface area (Å²) >= 11 is 0. The molecule has 0 aliphatic rings. The summed E-state index contributed by atoms with van der Waals surface area (Å²) in [6.07, 6.45) is -1.80. The van der Waals surface area contributed by atoms with Crippen LogP contribution in [0, 0.1) is 0 Å². The SMILES string of the molecule is CCOC(=O)N=NC(=O)OCC.P.P.P. The molecule has 3 unspecified atom stereocenters. The Labute approximate surface area is 98.8 Å². The van der Waals surface area contributed by atoms with Crippen LogP contribution in [0.15, 0.2) is 10.2 Å². The van der Waals surface area contributed by atoms with E-state index in [9.17, 15) is 9.59 Å². The van der Waals surface area contributed by atoms with E-state index in [2.05, 4.69) is 19.7 Å². The second-order valence-corrected chi connectivity index (χ2v) is 1.60. The van der Waals surface area contributed by atoms with Crippen molar-refractivity contribution in [3.63, 3.8) is 0 Å². The highest BCUT2D eigenvalue weighted by molar-refractivity contribution is 6.92. The molecule has 0 spiro atoms. The number of hydrogen-bond acceptors (Lipinski definition) is 4. The van der Waals surface area contributed by atoms with E-state index in [-0.39, 0.29) is 42.9 Å². The third-order valence-corrected chi connectivity index (χ3v) is 0.749. The van der Waals surface area contributed by atoms with Crippen LogP contribution in [0.3, 0.4) is 0 Å². The van der Waals surface area contributed by atoms with Crippen molar-refractivity contribution in [3.8, 4) is 0 Å². The monoisotopic (exact) mass is 276 g/mol. The fourth-order valence-corrected chi connectivity index (χ4v) is 0.386. The van der Waals surface area contributed by atoms with Gasteiger partial charge in [0.2, 0.25) is 0 Å². The van der Waals surface area contributed by atoms with Gasteiger partial charge in [0.1, 0.15) is 0 Å². The van der Waals surface area contributed by atoms with E-state index in [0.29, 0.717) is 0 Å². The minimum absolute atomic E-state index is 0. The molecule has 0 saturated carbocycles. The van der Waals surface area contributed by atoms with E-state index in [1.807, 2.05) is 0 Å². The number of ether oxygens (including phenoxy) is 2. The van der Waals surface area contributed by atoms with Crippen LogP contribution < -0.4 is 0 Å². The Morgan fingerprint density at radius 3 is 1.33 bits per heavy atom. The lowest BCUT2D eigenvalue weighted by Gasteiger charge is -1.93. The summed E-state index contributed by atoms with van der Waals surface area (Å²) in [6.45, 7) is 3.64. The molecule has 9 heteroatoms. The second-order valence-electron chi connectivity index (χ2n) is 1.60. The summed E-state index contributed by atoms with van der Waals surface area (Å²) in [4.78, 5) is 20.9. The summed E-state index contributed by atoms with van der Waals surface area (Å²) in [7, 11) is 0. The molecule has 0 aliphatic heterocycles. The minimum Gasteiger partial charge on any atom is -0.447 e. The van der Waals surface area contributed by atoms with Gasteiger partial charge in [0.05, 0.1) is 13.2 Å². The topological polar surface area (TPSA) is 77.3 Å². The van der Waals surface area contributed by atoms with E-state index in [1.54, 1.807) is 13.8 Å². The number of azo groups is 1. The molecule has 0 fully saturated rings. The molecule has 0 heterocycles. The largest absolute Gasteiger partial charge is 0.452 e. The average molecular weight is 276 g/mol. The van der Waals surface area contributed by atoms with Gasteiger partial charge in [-0.3, -0.25) is 0 Å². The number of hydrogen-bond donors (Lipinski definition) is 0. The van der Waals surface area contributed by atoms with Gasteiger partial charge in [-0.05, 0) is 13.8 Å². The van der Waals surface area contributed by atoms with Crippen molar-refractivity contribution < 1.29 is 19.1 Å². The highest BCUT2D eigenvalue weighted by Crippen LogP contribution is 1.88. The van der Waals surface area contributed by atoms with Crippen LogP contribution in [-0.4, -0.2) is 25.4 Å². The molecule has 0 N–H and O–H groups in total. The fraction of sp³-hybridized carbons (Fsp3) is 0.667. The highest BCUT2D eigenvalue weighted by atomic mass is 31.0. The molecule has 92 valence electrons. The molecule has 0 aromatic heterocycles. The Balaban J connectivity index is -0.000000202.